The maximum Gasteiger partial charge on any atom is 0.433 e. The van der Waals surface area contributed by atoms with E-state index in [-0.39, 0.29) is 39.9 Å². The molecule has 1 aromatic carbocycles. The molecule has 1 N–H and O–H groups in total. The SMILES string of the molecule is CCOC(=O)c1sc(NC(=O)c2nn3c(C(F)(F)F)cc(-c4cccc(OC)c4)nc3c2Cl)c(C(=O)OCC)c1C. The highest BCUT2D eigenvalue weighted by molar-refractivity contribution is 7.18. The average molecular weight is 611 g/mol. The first-order valence-corrected chi connectivity index (χ1v) is 13.2. The third-order valence-corrected chi connectivity index (χ3v) is 7.25. The van der Waals surface area contributed by atoms with Gasteiger partial charge in [0.25, 0.3) is 5.91 Å². The number of rotatable bonds is 8. The molecule has 0 atom stereocenters. The molecule has 0 spiro atoms. The highest BCUT2D eigenvalue weighted by Gasteiger charge is 2.37. The molecule has 3 heterocycles. The summed E-state index contributed by atoms with van der Waals surface area (Å²) >= 11 is 7.12. The Morgan fingerprint density at radius 3 is 2.41 bits per heavy atom. The molecule has 41 heavy (non-hydrogen) atoms. The van der Waals surface area contributed by atoms with Crippen LogP contribution in [-0.4, -0.2) is 52.8 Å². The number of methoxy groups -OCH3 is 1. The van der Waals surface area contributed by atoms with Crippen LogP contribution < -0.4 is 10.1 Å². The van der Waals surface area contributed by atoms with Crippen molar-refractivity contribution in [3.8, 4) is 17.0 Å². The lowest BCUT2D eigenvalue weighted by Gasteiger charge is -2.11. The minimum Gasteiger partial charge on any atom is -0.497 e. The Balaban J connectivity index is 1.83. The lowest BCUT2D eigenvalue weighted by Crippen LogP contribution is -2.17. The largest absolute Gasteiger partial charge is 0.497 e. The number of aromatic nitrogens is 3. The van der Waals surface area contributed by atoms with Gasteiger partial charge in [0.1, 0.15) is 20.7 Å². The molecule has 0 aliphatic heterocycles. The molecule has 1 amide bonds. The van der Waals surface area contributed by atoms with E-state index in [0.29, 0.717) is 15.8 Å². The molecule has 0 radical (unpaired) electrons. The van der Waals surface area contributed by atoms with Crippen LogP contribution in [0.2, 0.25) is 5.02 Å². The number of benzene rings is 1. The second-order valence-electron chi connectivity index (χ2n) is 8.31. The Kier molecular flexibility index (Phi) is 8.54. The van der Waals surface area contributed by atoms with E-state index >= 15 is 0 Å². The van der Waals surface area contributed by atoms with Crippen LogP contribution in [0.15, 0.2) is 30.3 Å². The molecular weight excluding hydrogens is 589 g/mol. The molecule has 15 heteroatoms. The number of thiophene rings is 1. The number of anilines is 1. The summed E-state index contributed by atoms with van der Waals surface area (Å²) < 4.78 is 58.0. The van der Waals surface area contributed by atoms with Gasteiger partial charge in [-0.2, -0.15) is 18.3 Å². The zero-order valence-corrected chi connectivity index (χ0v) is 23.6. The molecule has 4 aromatic rings. The summed E-state index contributed by atoms with van der Waals surface area (Å²) in [7, 11) is 1.41. The number of alkyl halides is 3. The van der Waals surface area contributed by atoms with Crippen molar-refractivity contribution in [1.82, 2.24) is 14.6 Å². The standard InChI is InChI=1S/C26H22ClF3N4O6S/c1-5-39-24(36)17-12(3)20(25(37)40-6-2)41-23(17)32-22(35)19-18(27)21-31-15(13-8-7-9-14(10-13)38-4)11-16(26(28,29)30)34(21)33-19/h7-11H,5-6H2,1-4H3,(H,32,35). The van der Waals surface area contributed by atoms with Gasteiger partial charge in [-0.15, -0.1) is 11.3 Å². The fourth-order valence-corrected chi connectivity index (χ4v) is 5.20. The Labute approximate surface area is 240 Å². The second-order valence-corrected chi connectivity index (χ2v) is 9.71. The lowest BCUT2D eigenvalue weighted by molar-refractivity contribution is -0.142. The topological polar surface area (TPSA) is 121 Å². The predicted molar refractivity (Wildman–Crippen MR) is 144 cm³/mol. The Bertz CT molecular complexity index is 1670. The molecule has 0 bridgehead atoms. The van der Waals surface area contributed by atoms with E-state index in [1.807, 2.05) is 0 Å². The van der Waals surface area contributed by atoms with Gasteiger partial charge >= 0.3 is 18.1 Å². The molecule has 3 aromatic heterocycles. The van der Waals surface area contributed by atoms with E-state index in [1.54, 1.807) is 26.0 Å². The average Bonchev–Trinajstić information content (AvgIpc) is 3.44. The van der Waals surface area contributed by atoms with E-state index in [0.717, 1.165) is 17.4 Å². The van der Waals surface area contributed by atoms with Crippen molar-refractivity contribution in [2.45, 2.75) is 26.9 Å². The number of fused-ring (bicyclic) bond motifs is 1. The highest BCUT2D eigenvalue weighted by atomic mass is 35.5. The number of halogens is 4. The smallest absolute Gasteiger partial charge is 0.433 e. The van der Waals surface area contributed by atoms with Crippen LogP contribution in [-0.2, 0) is 15.7 Å². The van der Waals surface area contributed by atoms with Crippen LogP contribution >= 0.6 is 22.9 Å². The van der Waals surface area contributed by atoms with Gasteiger partial charge in [-0.1, -0.05) is 23.7 Å². The minimum absolute atomic E-state index is 0.00994. The number of hydrogen-bond acceptors (Lipinski definition) is 9. The second kappa shape index (κ2) is 11.7. The summed E-state index contributed by atoms with van der Waals surface area (Å²) in [6.07, 6.45) is -4.89. The summed E-state index contributed by atoms with van der Waals surface area (Å²) in [4.78, 5) is 42.7. The van der Waals surface area contributed by atoms with Crippen LogP contribution in [0.4, 0.5) is 18.2 Å². The number of hydrogen-bond donors (Lipinski definition) is 1. The normalized spacial score (nSPS) is 11.4. The van der Waals surface area contributed by atoms with E-state index < -0.39 is 46.1 Å². The third kappa shape index (κ3) is 5.84. The van der Waals surface area contributed by atoms with E-state index in [1.165, 1.54) is 26.2 Å². The van der Waals surface area contributed by atoms with Crippen molar-refractivity contribution in [3.05, 3.63) is 62.7 Å². The highest BCUT2D eigenvalue weighted by Crippen LogP contribution is 2.37. The zero-order chi connectivity index (χ0) is 30.1. The maximum absolute atomic E-state index is 14.1. The molecule has 216 valence electrons. The molecule has 0 aliphatic carbocycles. The van der Waals surface area contributed by atoms with E-state index in [2.05, 4.69) is 15.4 Å². The molecule has 0 unspecified atom stereocenters. The molecule has 0 fully saturated rings. The van der Waals surface area contributed by atoms with E-state index in [9.17, 15) is 27.6 Å². The van der Waals surface area contributed by atoms with Gasteiger partial charge < -0.3 is 19.5 Å². The van der Waals surface area contributed by atoms with Crippen molar-refractivity contribution in [2.24, 2.45) is 0 Å². The number of nitrogens with one attached hydrogen (secondary N) is 1. The molecular formula is C26H22ClF3N4O6S. The van der Waals surface area contributed by atoms with Crippen molar-refractivity contribution >= 4 is 51.4 Å². The summed E-state index contributed by atoms with van der Waals surface area (Å²) in [5.41, 5.74) is -1.94. The third-order valence-electron chi connectivity index (χ3n) is 5.72. The monoisotopic (exact) mass is 610 g/mol. The quantitative estimate of drug-likeness (QED) is 0.239. The van der Waals surface area contributed by atoms with Crippen molar-refractivity contribution < 1.29 is 41.8 Å². The predicted octanol–water partition coefficient (Wildman–Crippen LogP) is 6.05. The number of carbonyl (C=O) groups is 3. The van der Waals surface area contributed by atoms with Crippen molar-refractivity contribution in [2.75, 3.05) is 25.6 Å². The molecule has 10 nitrogen and oxygen atoms in total. The van der Waals surface area contributed by atoms with Gasteiger partial charge in [-0.3, -0.25) is 4.79 Å². The fraction of sp³-hybridized carbons (Fsp3) is 0.269. The summed E-state index contributed by atoms with van der Waals surface area (Å²) in [5.74, 6) is -2.20. The fourth-order valence-electron chi connectivity index (χ4n) is 3.87. The Morgan fingerprint density at radius 1 is 1.10 bits per heavy atom. The molecule has 0 aliphatic rings. The van der Waals surface area contributed by atoms with Gasteiger partial charge in [0.2, 0.25) is 0 Å². The number of amides is 1. The molecule has 4 rings (SSSR count). The van der Waals surface area contributed by atoms with E-state index in [4.69, 9.17) is 25.8 Å². The van der Waals surface area contributed by atoms with Crippen LogP contribution in [0.1, 0.15) is 55.6 Å². The first-order valence-electron chi connectivity index (χ1n) is 12.0. The van der Waals surface area contributed by atoms with Crippen molar-refractivity contribution in [1.29, 1.82) is 0 Å². The molecule has 0 saturated carbocycles. The summed E-state index contributed by atoms with van der Waals surface area (Å²) in [6, 6.07) is 7.01. The van der Waals surface area contributed by atoms with Gasteiger partial charge in [-0.25, -0.2) is 19.1 Å². The van der Waals surface area contributed by atoms with Crippen LogP contribution in [0.5, 0.6) is 5.75 Å². The summed E-state index contributed by atoms with van der Waals surface area (Å²) in [5, 5.41) is 5.68. The Morgan fingerprint density at radius 2 is 1.78 bits per heavy atom. The first-order chi connectivity index (χ1) is 19.4. The first kappa shape index (κ1) is 29.8. The van der Waals surface area contributed by atoms with Gasteiger partial charge in [0.05, 0.1) is 31.6 Å². The maximum atomic E-state index is 14.1. The van der Waals surface area contributed by atoms with Gasteiger partial charge in [-0.05, 0) is 44.5 Å². The number of carbonyl (C=O) groups excluding carboxylic acids is 3. The number of ether oxygens (including phenoxy) is 3. The van der Waals surface area contributed by atoms with Crippen LogP contribution in [0, 0.1) is 6.92 Å². The zero-order valence-electron chi connectivity index (χ0n) is 22.0. The minimum atomic E-state index is -4.89. The lowest BCUT2D eigenvalue weighted by atomic mass is 10.1. The summed E-state index contributed by atoms with van der Waals surface area (Å²) in [6.45, 7) is 4.73. The van der Waals surface area contributed by atoms with Crippen LogP contribution in [0.3, 0.4) is 0 Å². The van der Waals surface area contributed by atoms with Gasteiger partial charge in [0, 0.05) is 5.56 Å². The Hall–Kier alpha value is -4.17. The van der Waals surface area contributed by atoms with Crippen LogP contribution in [0.25, 0.3) is 16.9 Å². The molecule has 0 saturated heterocycles. The number of esters is 2. The van der Waals surface area contributed by atoms with Gasteiger partial charge in [0.15, 0.2) is 17.0 Å². The number of nitrogens with zero attached hydrogens (tertiary/aromatic N) is 3. The van der Waals surface area contributed by atoms with Crippen molar-refractivity contribution in [3.63, 3.8) is 0 Å².